The highest BCUT2D eigenvalue weighted by molar-refractivity contribution is 7.92. The van der Waals surface area contributed by atoms with Crippen molar-refractivity contribution in [3.63, 3.8) is 0 Å². The first-order valence-electron chi connectivity index (χ1n) is 8.35. The fraction of sp³-hybridized carbons (Fsp3) is 0.0500. The molecule has 0 saturated heterocycles. The molecule has 1 amide bonds. The normalized spacial score (nSPS) is 11.1. The molecule has 3 aromatic rings. The Hall–Kier alpha value is -2.25. The molecule has 9 heteroatoms. The first kappa shape index (κ1) is 21.5. The minimum Gasteiger partial charge on any atom is -0.323 e. The summed E-state index contributed by atoms with van der Waals surface area (Å²) in [5.41, 5.74) is 0.586. The molecule has 0 bridgehead atoms. The van der Waals surface area contributed by atoms with Crippen LogP contribution in [0.2, 0.25) is 15.1 Å². The first-order valence-corrected chi connectivity index (χ1v) is 10.9. The van der Waals surface area contributed by atoms with Gasteiger partial charge in [-0.2, -0.15) is 0 Å². The molecule has 0 saturated carbocycles. The number of carbonyl (C=O) groups is 1. The highest BCUT2D eigenvalue weighted by Crippen LogP contribution is 2.27. The third kappa shape index (κ3) is 5.22. The second kappa shape index (κ2) is 9.05. The fourth-order valence-corrected chi connectivity index (χ4v) is 4.46. The molecule has 0 unspecified atom stereocenters. The average molecular weight is 470 g/mol. The molecule has 3 aromatic carbocycles. The van der Waals surface area contributed by atoms with Gasteiger partial charge in [0.2, 0.25) is 5.91 Å². The van der Waals surface area contributed by atoms with Crippen LogP contribution in [0.5, 0.6) is 0 Å². The Morgan fingerprint density at radius 2 is 1.48 bits per heavy atom. The quantitative estimate of drug-likeness (QED) is 0.520. The number of nitrogens with zero attached hydrogens (tertiary/aromatic N) is 1. The van der Waals surface area contributed by atoms with Crippen LogP contribution in [-0.2, 0) is 14.8 Å². The number of rotatable bonds is 6. The Bertz CT molecular complexity index is 1120. The van der Waals surface area contributed by atoms with Crippen molar-refractivity contribution in [1.29, 1.82) is 0 Å². The van der Waals surface area contributed by atoms with Gasteiger partial charge >= 0.3 is 0 Å². The van der Waals surface area contributed by atoms with Gasteiger partial charge in [0, 0.05) is 10.0 Å². The van der Waals surface area contributed by atoms with E-state index in [-0.39, 0.29) is 15.6 Å². The van der Waals surface area contributed by atoms with Crippen LogP contribution in [0.4, 0.5) is 11.4 Å². The number of hydrogen-bond donors (Lipinski definition) is 1. The summed E-state index contributed by atoms with van der Waals surface area (Å²) in [6.45, 7) is -0.471. The zero-order chi connectivity index (χ0) is 21.0. The van der Waals surface area contributed by atoms with E-state index < -0.39 is 22.5 Å². The van der Waals surface area contributed by atoms with E-state index in [2.05, 4.69) is 5.32 Å². The predicted molar refractivity (Wildman–Crippen MR) is 118 cm³/mol. The molecular weight excluding hydrogens is 455 g/mol. The van der Waals surface area contributed by atoms with Crippen molar-refractivity contribution in [3.8, 4) is 0 Å². The maximum atomic E-state index is 13.2. The lowest BCUT2D eigenvalue weighted by atomic mass is 10.3. The van der Waals surface area contributed by atoms with Crippen LogP contribution in [-0.4, -0.2) is 20.9 Å². The minimum atomic E-state index is -4.00. The van der Waals surface area contributed by atoms with Crippen molar-refractivity contribution < 1.29 is 13.2 Å². The Kier molecular flexibility index (Phi) is 6.70. The number of nitrogens with one attached hydrogen (secondary N) is 1. The molecule has 0 aromatic heterocycles. The predicted octanol–water partition coefficient (Wildman–Crippen LogP) is 5.48. The van der Waals surface area contributed by atoms with E-state index in [4.69, 9.17) is 34.8 Å². The van der Waals surface area contributed by atoms with Crippen LogP contribution >= 0.6 is 34.8 Å². The summed E-state index contributed by atoms with van der Waals surface area (Å²) in [6, 6.07) is 18.6. The van der Waals surface area contributed by atoms with Gasteiger partial charge in [0.05, 0.1) is 21.3 Å². The van der Waals surface area contributed by atoms with Crippen LogP contribution in [0.1, 0.15) is 0 Å². The summed E-state index contributed by atoms with van der Waals surface area (Å²) in [4.78, 5) is 12.7. The second-order valence-electron chi connectivity index (χ2n) is 5.97. The Morgan fingerprint density at radius 1 is 0.862 bits per heavy atom. The van der Waals surface area contributed by atoms with Crippen LogP contribution in [0, 0.1) is 0 Å². The van der Waals surface area contributed by atoms with E-state index in [1.807, 2.05) is 0 Å². The SMILES string of the molecule is O=C(CN(c1ccc(Cl)cc1)S(=O)(=O)c1ccccc1)Nc1cc(Cl)ccc1Cl. The molecule has 1 N–H and O–H groups in total. The molecule has 29 heavy (non-hydrogen) atoms. The van der Waals surface area contributed by atoms with Gasteiger partial charge in [-0.05, 0) is 54.6 Å². The molecule has 0 aliphatic rings. The number of carbonyl (C=O) groups excluding carboxylic acids is 1. The van der Waals surface area contributed by atoms with Gasteiger partial charge in [-0.15, -0.1) is 0 Å². The summed E-state index contributed by atoms with van der Waals surface area (Å²) in [5, 5.41) is 3.71. The van der Waals surface area contributed by atoms with Gasteiger partial charge in [0.1, 0.15) is 6.54 Å². The van der Waals surface area contributed by atoms with E-state index in [9.17, 15) is 13.2 Å². The smallest absolute Gasteiger partial charge is 0.264 e. The molecule has 0 atom stereocenters. The number of benzene rings is 3. The van der Waals surface area contributed by atoms with E-state index >= 15 is 0 Å². The molecule has 3 rings (SSSR count). The van der Waals surface area contributed by atoms with Crippen LogP contribution in [0.15, 0.2) is 77.7 Å². The number of anilines is 2. The van der Waals surface area contributed by atoms with Gasteiger partial charge in [-0.25, -0.2) is 8.42 Å². The molecule has 0 heterocycles. The molecule has 5 nitrogen and oxygen atoms in total. The van der Waals surface area contributed by atoms with Crippen molar-refractivity contribution in [2.75, 3.05) is 16.2 Å². The lowest BCUT2D eigenvalue weighted by Gasteiger charge is -2.24. The first-order chi connectivity index (χ1) is 13.8. The second-order valence-corrected chi connectivity index (χ2v) is 9.12. The molecule has 0 aliphatic carbocycles. The zero-order valence-electron chi connectivity index (χ0n) is 14.8. The standard InChI is InChI=1S/C20H15Cl3N2O3S/c21-14-6-9-16(10-7-14)25(29(27,28)17-4-2-1-3-5-17)13-20(26)24-19-12-15(22)8-11-18(19)23/h1-12H,13H2,(H,24,26). The molecule has 150 valence electrons. The molecule has 0 aliphatic heterocycles. The Balaban J connectivity index is 1.94. The zero-order valence-corrected chi connectivity index (χ0v) is 17.9. The summed E-state index contributed by atoms with van der Waals surface area (Å²) in [7, 11) is -4.00. The van der Waals surface area contributed by atoms with Crippen molar-refractivity contribution >= 4 is 62.1 Å². The third-order valence-corrected chi connectivity index (χ3v) is 6.54. The van der Waals surface area contributed by atoms with Crippen LogP contribution < -0.4 is 9.62 Å². The van der Waals surface area contributed by atoms with Crippen molar-refractivity contribution in [1.82, 2.24) is 0 Å². The molecule has 0 spiro atoms. The van der Waals surface area contributed by atoms with Gasteiger partial charge in [0.25, 0.3) is 10.0 Å². The fourth-order valence-electron chi connectivity index (χ4n) is 2.56. The Labute approximate surface area is 183 Å². The Morgan fingerprint density at radius 3 is 2.14 bits per heavy atom. The molecule has 0 radical (unpaired) electrons. The summed E-state index contributed by atoms with van der Waals surface area (Å²) in [6.07, 6.45) is 0. The minimum absolute atomic E-state index is 0.0588. The average Bonchev–Trinajstić information content (AvgIpc) is 2.70. The van der Waals surface area contributed by atoms with E-state index in [0.29, 0.717) is 15.7 Å². The lowest BCUT2D eigenvalue weighted by molar-refractivity contribution is -0.114. The number of halogens is 3. The van der Waals surface area contributed by atoms with Crippen molar-refractivity contribution in [3.05, 3.63) is 87.9 Å². The lowest BCUT2D eigenvalue weighted by Crippen LogP contribution is -2.38. The number of sulfonamides is 1. The summed E-state index contributed by atoms with van der Waals surface area (Å²) >= 11 is 17.9. The number of amides is 1. The summed E-state index contributed by atoms with van der Waals surface area (Å²) < 4.78 is 27.4. The monoisotopic (exact) mass is 468 g/mol. The maximum absolute atomic E-state index is 13.2. The molecular formula is C20H15Cl3N2O3S. The van der Waals surface area contributed by atoms with Gasteiger partial charge in [-0.1, -0.05) is 53.0 Å². The highest BCUT2D eigenvalue weighted by atomic mass is 35.5. The van der Waals surface area contributed by atoms with E-state index in [1.165, 1.54) is 36.4 Å². The van der Waals surface area contributed by atoms with Crippen molar-refractivity contribution in [2.24, 2.45) is 0 Å². The van der Waals surface area contributed by atoms with Crippen molar-refractivity contribution in [2.45, 2.75) is 4.90 Å². The van der Waals surface area contributed by atoms with Gasteiger partial charge < -0.3 is 5.32 Å². The third-order valence-electron chi connectivity index (χ3n) is 3.94. The highest BCUT2D eigenvalue weighted by Gasteiger charge is 2.27. The van der Waals surface area contributed by atoms with E-state index in [1.54, 1.807) is 36.4 Å². The molecule has 0 fully saturated rings. The van der Waals surface area contributed by atoms with Crippen LogP contribution in [0.25, 0.3) is 0 Å². The van der Waals surface area contributed by atoms with Gasteiger partial charge in [-0.3, -0.25) is 9.10 Å². The summed E-state index contributed by atoms with van der Waals surface area (Å²) in [5.74, 6) is -0.580. The topological polar surface area (TPSA) is 66.5 Å². The van der Waals surface area contributed by atoms with Crippen LogP contribution in [0.3, 0.4) is 0 Å². The largest absolute Gasteiger partial charge is 0.323 e. The number of hydrogen-bond acceptors (Lipinski definition) is 3. The van der Waals surface area contributed by atoms with Gasteiger partial charge in [0.15, 0.2) is 0 Å². The maximum Gasteiger partial charge on any atom is 0.264 e. The van der Waals surface area contributed by atoms with E-state index in [0.717, 1.165) is 4.31 Å².